The first kappa shape index (κ1) is 18.8. The number of ether oxygens (including phenoxy) is 2. The molecule has 5 atom stereocenters. The zero-order chi connectivity index (χ0) is 15.7. The van der Waals surface area contributed by atoms with Gasteiger partial charge in [0.2, 0.25) is 0 Å². The maximum absolute atomic E-state index is 9.77. The second-order valence-electron chi connectivity index (χ2n) is 5.75. The lowest BCUT2D eigenvalue weighted by molar-refractivity contribution is -0.293. The topological polar surface area (TPSA) is 99.4 Å². The minimum absolute atomic E-state index is 0.274. The summed E-state index contributed by atoms with van der Waals surface area (Å²) in [5, 5.41) is 37.6. The molecule has 4 N–H and O–H groups in total. The average Bonchev–Trinajstić information content (AvgIpc) is 2.48. The van der Waals surface area contributed by atoms with Gasteiger partial charge in [0.15, 0.2) is 6.29 Å². The summed E-state index contributed by atoms with van der Waals surface area (Å²) in [6.07, 6.45) is 2.35. The molecule has 1 fully saturated rings. The molecule has 1 aliphatic heterocycles. The first-order chi connectivity index (χ1) is 10.1. The van der Waals surface area contributed by atoms with Crippen LogP contribution >= 0.6 is 0 Å². The van der Waals surface area contributed by atoms with E-state index >= 15 is 0 Å². The quantitative estimate of drug-likeness (QED) is 0.440. The Morgan fingerprint density at radius 1 is 0.810 bits per heavy atom. The molecule has 1 rings (SSSR count). The lowest BCUT2D eigenvalue weighted by Crippen LogP contribution is -2.57. The second kappa shape index (κ2) is 10.5. The fourth-order valence-electron chi connectivity index (χ4n) is 2.45. The molecule has 0 bridgehead atoms. The van der Waals surface area contributed by atoms with E-state index in [1.807, 2.05) is 0 Å². The predicted octanol–water partition coefficient (Wildman–Crippen LogP) is 0.553. The van der Waals surface area contributed by atoms with E-state index in [9.17, 15) is 15.3 Å². The number of hydrogen-bond donors (Lipinski definition) is 4. The lowest BCUT2D eigenvalue weighted by Gasteiger charge is -2.38. The first-order valence-corrected chi connectivity index (χ1v) is 8.00. The van der Waals surface area contributed by atoms with E-state index < -0.39 is 30.7 Å². The molecule has 21 heavy (non-hydrogen) atoms. The molecule has 0 aromatic rings. The van der Waals surface area contributed by atoms with E-state index in [0.29, 0.717) is 6.61 Å². The molecule has 0 saturated carbocycles. The van der Waals surface area contributed by atoms with Crippen molar-refractivity contribution in [1.29, 1.82) is 0 Å². The monoisotopic (exact) mass is 306 g/mol. The molecule has 0 aromatic heterocycles. The van der Waals surface area contributed by atoms with E-state index in [-0.39, 0.29) is 6.61 Å². The van der Waals surface area contributed by atoms with E-state index in [1.54, 1.807) is 6.92 Å². The van der Waals surface area contributed by atoms with Crippen molar-refractivity contribution in [2.75, 3.05) is 13.2 Å². The van der Waals surface area contributed by atoms with Crippen LogP contribution in [0.15, 0.2) is 0 Å². The molecule has 0 amide bonds. The molecule has 1 heterocycles. The Hall–Kier alpha value is -0.240. The zero-order valence-electron chi connectivity index (χ0n) is 12.9. The van der Waals surface area contributed by atoms with Crippen molar-refractivity contribution in [3.63, 3.8) is 0 Å². The van der Waals surface area contributed by atoms with Gasteiger partial charge in [-0.25, -0.2) is 0 Å². The van der Waals surface area contributed by atoms with Crippen LogP contribution in [0.3, 0.4) is 0 Å². The van der Waals surface area contributed by atoms with Crippen LogP contribution < -0.4 is 0 Å². The van der Waals surface area contributed by atoms with Crippen LogP contribution in [0, 0.1) is 0 Å². The Bertz CT molecular complexity index is 263. The summed E-state index contributed by atoms with van der Waals surface area (Å²) in [5.74, 6) is 0. The summed E-state index contributed by atoms with van der Waals surface area (Å²) in [7, 11) is 0. The van der Waals surface area contributed by atoms with E-state index in [0.717, 1.165) is 44.9 Å². The number of aliphatic hydroxyl groups excluding tert-OH is 4. The SMILES string of the molecule is C[C@H]1O[C@H](OCCCCCCCCCO)[C@@H](O)[C@@H](O)[C@@H]1O. The van der Waals surface area contributed by atoms with Crippen LogP contribution in [0.25, 0.3) is 0 Å². The van der Waals surface area contributed by atoms with Gasteiger partial charge in [0, 0.05) is 13.2 Å². The minimum Gasteiger partial charge on any atom is -0.396 e. The summed E-state index contributed by atoms with van der Waals surface area (Å²) in [6.45, 7) is 2.38. The second-order valence-corrected chi connectivity index (χ2v) is 5.75. The van der Waals surface area contributed by atoms with Crippen molar-refractivity contribution < 1.29 is 29.9 Å². The third-order valence-corrected chi connectivity index (χ3v) is 3.89. The van der Waals surface area contributed by atoms with Gasteiger partial charge in [0.1, 0.15) is 18.3 Å². The van der Waals surface area contributed by atoms with Crippen LogP contribution in [0.4, 0.5) is 0 Å². The summed E-state index contributed by atoms with van der Waals surface area (Å²) < 4.78 is 10.8. The Balaban J connectivity index is 2.04. The minimum atomic E-state index is -1.23. The van der Waals surface area contributed by atoms with Gasteiger partial charge >= 0.3 is 0 Å². The van der Waals surface area contributed by atoms with E-state index in [1.165, 1.54) is 0 Å². The van der Waals surface area contributed by atoms with Crippen molar-refractivity contribution >= 4 is 0 Å². The molecule has 0 spiro atoms. The highest BCUT2D eigenvalue weighted by Crippen LogP contribution is 2.22. The molecule has 0 aromatic carbocycles. The van der Waals surface area contributed by atoms with Crippen molar-refractivity contribution in [3.05, 3.63) is 0 Å². The van der Waals surface area contributed by atoms with Crippen molar-refractivity contribution in [1.82, 2.24) is 0 Å². The van der Waals surface area contributed by atoms with Gasteiger partial charge in [-0.05, 0) is 19.8 Å². The Morgan fingerprint density at radius 2 is 1.38 bits per heavy atom. The van der Waals surface area contributed by atoms with Crippen LogP contribution in [0.5, 0.6) is 0 Å². The molecule has 6 nitrogen and oxygen atoms in total. The van der Waals surface area contributed by atoms with Crippen molar-refractivity contribution in [3.8, 4) is 0 Å². The van der Waals surface area contributed by atoms with E-state index in [4.69, 9.17) is 14.6 Å². The lowest BCUT2D eigenvalue weighted by atomic mass is 10.00. The molecule has 0 aliphatic carbocycles. The van der Waals surface area contributed by atoms with Gasteiger partial charge in [-0.15, -0.1) is 0 Å². The molecule has 1 aliphatic rings. The van der Waals surface area contributed by atoms with Crippen LogP contribution in [-0.2, 0) is 9.47 Å². The summed E-state index contributed by atoms with van der Waals surface area (Å²) in [5.41, 5.74) is 0. The largest absolute Gasteiger partial charge is 0.396 e. The normalized spacial score (nSPS) is 33.3. The third kappa shape index (κ3) is 6.59. The van der Waals surface area contributed by atoms with Gasteiger partial charge in [-0.2, -0.15) is 0 Å². The molecule has 1 saturated heterocycles. The summed E-state index contributed by atoms with van der Waals surface area (Å²) >= 11 is 0. The zero-order valence-corrected chi connectivity index (χ0v) is 12.9. The molecular weight excluding hydrogens is 276 g/mol. The Labute approximate surface area is 126 Å². The summed E-state index contributed by atoms with van der Waals surface area (Å²) in [4.78, 5) is 0. The van der Waals surface area contributed by atoms with Crippen molar-refractivity contribution in [2.45, 2.75) is 82.6 Å². The van der Waals surface area contributed by atoms with Crippen LogP contribution in [0.2, 0.25) is 0 Å². The highest BCUT2D eigenvalue weighted by atomic mass is 16.7. The maximum atomic E-state index is 9.77. The smallest absolute Gasteiger partial charge is 0.186 e. The Kier molecular flexibility index (Phi) is 9.39. The van der Waals surface area contributed by atoms with Crippen LogP contribution in [-0.4, -0.2) is 64.3 Å². The summed E-state index contributed by atoms with van der Waals surface area (Å²) in [6, 6.07) is 0. The van der Waals surface area contributed by atoms with Gasteiger partial charge in [-0.1, -0.05) is 32.1 Å². The van der Waals surface area contributed by atoms with Gasteiger partial charge in [-0.3, -0.25) is 0 Å². The number of rotatable bonds is 10. The number of aliphatic hydroxyl groups is 4. The van der Waals surface area contributed by atoms with Crippen molar-refractivity contribution in [2.24, 2.45) is 0 Å². The van der Waals surface area contributed by atoms with Gasteiger partial charge in [0.25, 0.3) is 0 Å². The molecule has 0 unspecified atom stereocenters. The highest BCUT2D eigenvalue weighted by molar-refractivity contribution is 4.87. The maximum Gasteiger partial charge on any atom is 0.186 e. The predicted molar refractivity (Wildman–Crippen MR) is 77.7 cm³/mol. The molecule has 0 radical (unpaired) electrons. The molecule has 126 valence electrons. The fourth-order valence-corrected chi connectivity index (χ4v) is 2.45. The van der Waals surface area contributed by atoms with Crippen LogP contribution in [0.1, 0.15) is 51.9 Å². The number of hydrogen-bond acceptors (Lipinski definition) is 6. The molecule has 6 heteroatoms. The highest BCUT2D eigenvalue weighted by Gasteiger charge is 2.42. The third-order valence-electron chi connectivity index (χ3n) is 3.89. The Morgan fingerprint density at radius 3 is 2.00 bits per heavy atom. The van der Waals surface area contributed by atoms with Gasteiger partial charge < -0.3 is 29.9 Å². The standard InChI is InChI=1S/C15H30O6/c1-11-12(17)13(18)14(19)15(21-11)20-10-8-6-4-2-3-5-7-9-16/h11-19H,2-10H2,1H3/t11-,12-,13+,14+,15+/m1/s1. The van der Waals surface area contributed by atoms with Gasteiger partial charge in [0.05, 0.1) is 6.10 Å². The molecular formula is C15H30O6. The van der Waals surface area contributed by atoms with E-state index in [2.05, 4.69) is 0 Å². The first-order valence-electron chi connectivity index (χ1n) is 8.00. The number of unbranched alkanes of at least 4 members (excludes halogenated alkanes) is 6. The average molecular weight is 306 g/mol. The fraction of sp³-hybridized carbons (Fsp3) is 1.00.